The van der Waals surface area contributed by atoms with E-state index in [0.29, 0.717) is 39.0 Å². The van der Waals surface area contributed by atoms with Gasteiger partial charge in [0.15, 0.2) is 0 Å². The van der Waals surface area contributed by atoms with Crippen LogP contribution in [0.5, 0.6) is 0 Å². The Morgan fingerprint density at radius 3 is 2.74 bits per heavy atom. The zero-order valence-corrected chi connectivity index (χ0v) is 13.5. The van der Waals surface area contributed by atoms with Gasteiger partial charge in [0, 0.05) is 34.1 Å². The van der Waals surface area contributed by atoms with Gasteiger partial charge < -0.3 is 15.4 Å². The van der Waals surface area contributed by atoms with Gasteiger partial charge in [0.05, 0.1) is 5.02 Å². The lowest BCUT2D eigenvalue weighted by atomic mass is 10.1. The summed E-state index contributed by atoms with van der Waals surface area (Å²) in [6.45, 7) is 0.652. The highest BCUT2D eigenvalue weighted by Gasteiger charge is 2.21. The van der Waals surface area contributed by atoms with E-state index in [9.17, 15) is 14.7 Å². The largest absolute Gasteiger partial charge is 0.477 e. The van der Waals surface area contributed by atoms with E-state index < -0.39 is 5.97 Å². The number of aromatic nitrogens is 1. The van der Waals surface area contributed by atoms with E-state index in [1.54, 1.807) is 6.07 Å². The first-order valence-corrected chi connectivity index (χ1v) is 7.91. The summed E-state index contributed by atoms with van der Waals surface area (Å²) in [4.78, 5) is 26.0. The van der Waals surface area contributed by atoms with Crippen LogP contribution < -0.4 is 5.32 Å². The lowest BCUT2D eigenvalue weighted by molar-refractivity contribution is -0.116. The fourth-order valence-electron chi connectivity index (χ4n) is 2.39. The fraction of sp³-hybridized carbons (Fsp3) is 0.250. The van der Waals surface area contributed by atoms with Crippen LogP contribution in [0.2, 0.25) is 10.0 Å². The number of halogens is 2. The molecule has 2 aromatic rings. The van der Waals surface area contributed by atoms with E-state index >= 15 is 0 Å². The molecule has 3 rings (SSSR count). The number of rotatable bonds is 5. The standard InChI is InChI=1S/C16H14Cl2N2O3/c17-9-5-11(18)14-10(15(16(22)23)20-12(14)6-9)3-4-13(21)19-7-8-1-2-8/h3-6,8,20H,1-2,7H2,(H,19,21)(H,22,23)/b4-3+. The Balaban J connectivity index is 1.95. The number of amides is 1. The van der Waals surface area contributed by atoms with E-state index in [0.717, 1.165) is 12.8 Å². The van der Waals surface area contributed by atoms with Crippen molar-refractivity contribution in [2.75, 3.05) is 6.54 Å². The third kappa shape index (κ3) is 3.51. The van der Waals surface area contributed by atoms with Crippen LogP contribution in [-0.4, -0.2) is 28.5 Å². The van der Waals surface area contributed by atoms with E-state index in [-0.39, 0.29) is 11.6 Å². The first-order chi connectivity index (χ1) is 11.0. The van der Waals surface area contributed by atoms with Gasteiger partial charge in [-0.1, -0.05) is 23.2 Å². The van der Waals surface area contributed by atoms with Crippen molar-refractivity contribution in [1.82, 2.24) is 10.3 Å². The number of hydrogen-bond donors (Lipinski definition) is 3. The number of aromatic carboxylic acids is 1. The van der Waals surface area contributed by atoms with Crippen LogP contribution in [0.4, 0.5) is 0 Å². The van der Waals surface area contributed by atoms with E-state index in [1.807, 2.05) is 0 Å². The summed E-state index contributed by atoms with van der Waals surface area (Å²) in [7, 11) is 0. The highest BCUT2D eigenvalue weighted by atomic mass is 35.5. The molecule has 0 bridgehead atoms. The molecule has 1 aromatic carbocycles. The molecule has 5 nitrogen and oxygen atoms in total. The van der Waals surface area contributed by atoms with Gasteiger partial charge in [-0.3, -0.25) is 4.79 Å². The third-order valence-corrected chi connectivity index (χ3v) is 4.25. The molecule has 1 aliphatic carbocycles. The molecule has 0 atom stereocenters. The van der Waals surface area contributed by atoms with Gasteiger partial charge in [-0.25, -0.2) is 4.79 Å². The molecular weight excluding hydrogens is 339 g/mol. The molecule has 1 amide bonds. The maximum absolute atomic E-state index is 11.8. The van der Waals surface area contributed by atoms with Crippen molar-refractivity contribution in [2.24, 2.45) is 5.92 Å². The number of hydrogen-bond acceptors (Lipinski definition) is 2. The highest BCUT2D eigenvalue weighted by Crippen LogP contribution is 2.33. The molecule has 0 saturated heterocycles. The minimum absolute atomic E-state index is 0.0320. The zero-order valence-electron chi connectivity index (χ0n) is 12.0. The smallest absolute Gasteiger partial charge is 0.352 e. The number of nitrogens with one attached hydrogen (secondary N) is 2. The van der Waals surface area contributed by atoms with Crippen LogP contribution in [0.25, 0.3) is 17.0 Å². The summed E-state index contributed by atoms with van der Waals surface area (Å²) >= 11 is 12.1. The second-order valence-electron chi connectivity index (χ2n) is 5.55. The van der Waals surface area contributed by atoms with Gasteiger partial charge in [-0.2, -0.15) is 0 Å². The van der Waals surface area contributed by atoms with Crippen molar-refractivity contribution in [3.8, 4) is 0 Å². The molecule has 1 heterocycles. The maximum atomic E-state index is 11.8. The summed E-state index contributed by atoms with van der Waals surface area (Å²) in [6, 6.07) is 3.13. The molecule has 7 heteroatoms. The van der Waals surface area contributed by atoms with Crippen molar-refractivity contribution in [2.45, 2.75) is 12.8 Å². The first-order valence-electron chi connectivity index (χ1n) is 7.15. The summed E-state index contributed by atoms with van der Waals surface area (Å²) in [6.07, 6.45) is 5.07. The van der Waals surface area contributed by atoms with Crippen molar-refractivity contribution in [3.05, 3.63) is 39.5 Å². The van der Waals surface area contributed by atoms with Crippen LogP contribution in [0.3, 0.4) is 0 Å². The van der Waals surface area contributed by atoms with Gasteiger partial charge in [0.1, 0.15) is 5.69 Å². The summed E-state index contributed by atoms with van der Waals surface area (Å²) < 4.78 is 0. The number of carbonyl (C=O) groups excluding carboxylic acids is 1. The van der Waals surface area contributed by atoms with Crippen molar-refractivity contribution in [3.63, 3.8) is 0 Å². The van der Waals surface area contributed by atoms with Crippen molar-refractivity contribution in [1.29, 1.82) is 0 Å². The Kier molecular flexibility index (Phi) is 4.33. The quantitative estimate of drug-likeness (QED) is 0.717. The van der Waals surface area contributed by atoms with Crippen LogP contribution in [0, 0.1) is 5.92 Å². The molecule has 1 aromatic heterocycles. The van der Waals surface area contributed by atoms with Gasteiger partial charge in [-0.05, 0) is 37.0 Å². The monoisotopic (exact) mass is 352 g/mol. The number of fused-ring (bicyclic) bond motifs is 1. The summed E-state index contributed by atoms with van der Waals surface area (Å²) in [5, 5.41) is 13.4. The predicted molar refractivity (Wildman–Crippen MR) is 90.0 cm³/mol. The van der Waals surface area contributed by atoms with E-state index in [2.05, 4.69) is 10.3 Å². The van der Waals surface area contributed by atoms with E-state index in [4.69, 9.17) is 23.2 Å². The van der Waals surface area contributed by atoms with Gasteiger partial charge in [0.2, 0.25) is 5.91 Å². The lowest BCUT2D eigenvalue weighted by Crippen LogP contribution is -2.23. The Morgan fingerprint density at radius 1 is 1.35 bits per heavy atom. The van der Waals surface area contributed by atoms with Crippen LogP contribution >= 0.6 is 23.2 Å². The predicted octanol–water partition coefficient (Wildman–Crippen LogP) is 3.71. The minimum atomic E-state index is -1.13. The number of aromatic amines is 1. The number of H-pyrrole nitrogens is 1. The molecule has 0 radical (unpaired) electrons. The average Bonchev–Trinajstić information content (AvgIpc) is 3.22. The molecule has 1 fully saturated rings. The fourth-order valence-corrected chi connectivity index (χ4v) is 2.99. The second-order valence-corrected chi connectivity index (χ2v) is 6.39. The molecule has 3 N–H and O–H groups in total. The Morgan fingerprint density at radius 2 is 2.09 bits per heavy atom. The molecule has 0 spiro atoms. The van der Waals surface area contributed by atoms with Gasteiger partial charge in [-0.15, -0.1) is 0 Å². The number of benzene rings is 1. The highest BCUT2D eigenvalue weighted by molar-refractivity contribution is 6.39. The number of carboxylic acids is 1. The summed E-state index contributed by atoms with van der Waals surface area (Å²) in [5.41, 5.74) is 0.837. The summed E-state index contributed by atoms with van der Waals surface area (Å²) in [5.74, 6) is -0.814. The number of carbonyl (C=O) groups is 2. The number of carboxylic acid groups (broad SMARTS) is 1. The average molecular weight is 353 g/mol. The van der Waals surface area contributed by atoms with Crippen LogP contribution in [0.15, 0.2) is 18.2 Å². The van der Waals surface area contributed by atoms with Crippen LogP contribution in [0.1, 0.15) is 28.9 Å². The molecule has 23 heavy (non-hydrogen) atoms. The molecule has 0 aliphatic heterocycles. The Labute approximate surface area is 142 Å². The molecule has 1 saturated carbocycles. The normalized spacial score (nSPS) is 14.5. The minimum Gasteiger partial charge on any atom is -0.477 e. The first kappa shape index (κ1) is 15.9. The van der Waals surface area contributed by atoms with Gasteiger partial charge in [0.25, 0.3) is 0 Å². The van der Waals surface area contributed by atoms with E-state index in [1.165, 1.54) is 18.2 Å². The third-order valence-electron chi connectivity index (χ3n) is 3.73. The van der Waals surface area contributed by atoms with Crippen molar-refractivity contribution < 1.29 is 14.7 Å². The Hall–Kier alpha value is -1.98. The van der Waals surface area contributed by atoms with Crippen LogP contribution in [-0.2, 0) is 4.79 Å². The maximum Gasteiger partial charge on any atom is 0.352 e. The zero-order chi connectivity index (χ0) is 16.6. The second kappa shape index (κ2) is 6.26. The van der Waals surface area contributed by atoms with Crippen molar-refractivity contribution >= 4 is 52.1 Å². The molecular formula is C16H14Cl2N2O3. The van der Waals surface area contributed by atoms with Gasteiger partial charge >= 0.3 is 5.97 Å². The lowest BCUT2D eigenvalue weighted by Gasteiger charge is -2.00. The molecule has 1 aliphatic rings. The molecule has 0 unspecified atom stereocenters. The molecule has 120 valence electrons. The Bertz CT molecular complexity index is 822. The topological polar surface area (TPSA) is 82.2 Å². The SMILES string of the molecule is O=C(/C=C/c1c(C(=O)O)[nH]c2cc(Cl)cc(Cl)c12)NCC1CC1.